The number of carbonyl (C=O) groups excluding carboxylic acids is 7. The fourth-order valence-corrected chi connectivity index (χ4v) is 11.0. The number of halogens is 4. The van der Waals surface area contributed by atoms with Gasteiger partial charge in [-0.2, -0.15) is 17.6 Å². The fourth-order valence-electron chi connectivity index (χ4n) is 11.0. The molecule has 0 spiro atoms. The summed E-state index contributed by atoms with van der Waals surface area (Å²) in [5, 5.41) is 0. The second-order valence-electron chi connectivity index (χ2n) is 21.6. The van der Waals surface area contributed by atoms with Crippen molar-refractivity contribution in [2.24, 2.45) is 23.7 Å². The van der Waals surface area contributed by atoms with Crippen LogP contribution in [0.25, 0.3) is 0 Å². The average molecular weight is 1150 g/mol. The first-order valence-corrected chi connectivity index (χ1v) is 29.8. The van der Waals surface area contributed by atoms with Gasteiger partial charge in [0.1, 0.15) is 12.2 Å². The molecule has 80 heavy (non-hydrogen) atoms. The number of allylic oxidation sites excluding steroid dienone is 1. The summed E-state index contributed by atoms with van der Waals surface area (Å²) in [6.45, 7) is 11.2. The number of ketones is 2. The van der Waals surface area contributed by atoms with Crippen molar-refractivity contribution in [3.63, 3.8) is 0 Å². The highest BCUT2D eigenvalue weighted by atomic mass is 19.3. The van der Waals surface area contributed by atoms with Crippen molar-refractivity contribution in [2.45, 2.75) is 270 Å². The van der Waals surface area contributed by atoms with E-state index in [0.29, 0.717) is 71.2 Å². The molecule has 0 aromatic rings. The number of rotatable bonds is 34. The van der Waals surface area contributed by atoms with Gasteiger partial charge in [-0.25, -0.2) is 0 Å². The van der Waals surface area contributed by atoms with Crippen LogP contribution in [0, 0.1) is 23.7 Å². The number of hydrogen-bond donors (Lipinski definition) is 0. The normalized spacial score (nSPS) is 24.9. The van der Waals surface area contributed by atoms with E-state index < -0.39 is 60.7 Å². The summed E-state index contributed by atoms with van der Waals surface area (Å²) < 4.78 is 107. The Morgan fingerprint density at radius 3 is 1.44 bits per heavy atom. The molecule has 20 heteroatoms. The molecule has 462 valence electrons. The minimum Gasteiger partial charge on any atom is -0.469 e. The van der Waals surface area contributed by atoms with E-state index in [0.717, 1.165) is 102 Å². The Bertz CT molecular complexity index is 1840. The molecule has 2 aliphatic carbocycles. The van der Waals surface area contributed by atoms with Crippen LogP contribution in [-0.2, 0) is 76.2 Å². The van der Waals surface area contributed by atoms with E-state index in [-0.39, 0.29) is 85.3 Å². The number of Topliss-reactive ketones (excluding diaryl/α,β-unsaturated/α-hetero) is 1. The first-order chi connectivity index (χ1) is 38.1. The standard InChI is InChI=1S/C28H46F2O7.C28H44F2O7.C4H8O2/c2*1-4-5-17-28(29,30)25(32)16-15-22-21(12-8-6-7-9-13-26(33)34-3)23(36-20(2)31)19-24(22)37-27-14-10-11-18-35-27;1-3-6-4(2)5/h21-24,27H,4-19H2,1-3H3;15-16,21-24,27H,4-14,17-19H2,1-3H3;3H2,1-2H3/b;16-15+;/t2*21?,22-,23+,24-,27?;/m11./s1. The Labute approximate surface area is 473 Å². The minimum atomic E-state index is -3.40. The zero-order valence-corrected chi connectivity index (χ0v) is 49.4. The maximum atomic E-state index is 14.4. The summed E-state index contributed by atoms with van der Waals surface area (Å²) in [6, 6.07) is 0. The molecule has 4 fully saturated rings. The molecular formula is C60H98F4O16. The predicted molar refractivity (Wildman–Crippen MR) is 290 cm³/mol. The van der Waals surface area contributed by atoms with Crippen molar-refractivity contribution in [2.75, 3.05) is 34.0 Å². The molecule has 0 radical (unpaired) electrons. The maximum absolute atomic E-state index is 14.4. The Kier molecular flexibility index (Phi) is 36.3. The van der Waals surface area contributed by atoms with Gasteiger partial charge in [0.25, 0.3) is 0 Å². The molecule has 10 atom stereocenters. The zero-order chi connectivity index (χ0) is 59.5. The minimum absolute atomic E-state index is 0.0878. The maximum Gasteiger partial charge on any atom is 0.309 e. The van der Waals surface area contributed by atoms with Gasteiger partial charge < -0.3 is 42.6 Å². The SMILES string of the molecule is CCCCC(F)(F)C(=O)/C=C/[C@@H]1C(CCCCCCC(=O)OC)[C@@H](OC(C)=O)C[C@H]1OC1CCCCO1.CCCCC(F)(F)C(=O)CC[C@@H]1C(CCCCCCC(=O)OC)[C@@H](OC(C)=O)C[C@H]1OC1CCCCO1.CCOC(C)=O. The lowest BCUT2D eigenvalue weighted by Crippen LogP contribution is -2.33. The molecule has 0 N–H and O–H groups in total. The Morgan fingerprint density at radius 1 is 0.525 bits per heavy atom. The number of hydrogen-bond acceptors (Lipinski definition) is 16. The van der Waals surface area contributed by atoms with E-state index in [2.05, 4.69) is 14.2 Å². The van der Waals surface area contributed by atoms with Gasteiger partial charge in [0.15, 0.2) is 12.6 Å². The van der Waals surface area contributed by atoms with Gasteiger partial charge in [-0.15, -0.1) is 0 Å². The largest absolute Gasteiger partial charge is 0.469 e. The second-order valence-corrected chi connectivity index (χ2v) is 21.6. The van der Waals surface area contributed by atoms with Crippen LogP contribution < -0.4 is 0 Å². The van der Waals surface area contributed by atoms with Crippen molar-refractivity contribution in [1.82, 2.24) is 0 Å². The monoisotopic (exact) mass is 1150 g/mol. The summed E-state index contributed by atoms with van der Waals surface area (Å²) in [4.78, 5) is 81.0. The third kappa shape index (κ3) is 28.8. The second kappa shape index (κ2) is 40.3. The van der Waals surface area contributed by atoms with Crippen LogP contribution >= 0.6 is 0 Å². The highest BCUT2D eigenvalue weighted by Gasteiger charge is 2.48. The number of carbonyl (C=O) groups is 7. The van der Waals surface area contributed by atoms with Gasteiger partial charge in [0.2, 0.25) is 11.6 Å². The van der Waals surface area contributed by atoms with Crippen LogP contribution in [0.1, 0.15) is 221 Å². The molecule has 4 rings (SSSR count). The van der Waals surface area contributed by atoms with Crippen LogP contribution in [0.2, 0.25) is 0 Å². The van der Waals surface area contributed by atoms with Crippen molar-refractivity contribution >= 4 is 41.4 Å². The molecule has 0 aromatic carbocycles. The van der Waals surface area contributed by atoms with Crippen molar-refractivity contribution in [3.8, 4) is 0 Å². The number of ether oxygens (including phenoxy) is 9. The molecule has 0 aromatic heterocycles. The summed E-state index contributed by atoms with van der Waals surface area (Å²) >= 11 is 0. The Morgan fingerprint density at radius 2 is 0.988 bits per heavy atom. The summed E-state index contributed by atoms with van der Waals surface area (Å²) in [6.07, 6.45) is 16.1. The highest BCUT2D eigenvalue weighted by molar-refractivity contribution is 5.95. The third-order valence-corrected chi connectivity index (χ3v) is 15.2. The van der Waals surface area contributed by atoms with Gasteiger partial charge in [-0.3, -0.25) is 33.6 Å². The van der Waals surface area contributed by atoms with Crippen LogP contribution in [0.15, 0.2) is 12.2 Å². The van der Waals surface area contributed by atoms with Crippen molar-refractivity contribution < 1.29 is 93.8 Å². The van der Waals surface area contributed by atoms with Crippen LogP contribution in [0.3, 0.4) is 0 Å². The zero-order valence-electron chi connectivity index (χ0n) is 49.4. The van der Waals surface area contributed by atoms with E-state index in [9.17, 15) is 51.1 Å². The number of alkyl halides is 4. The van der Waals surface area contributed by atoms with Gasteiger partial charge in [-0.1, -0.05) is 71.3 Å². The first-order valence-electron chi connectivity index (χ1n) is 29.8. The summed E-state index contributed by atoms with van der Waals surface area (Å²) in [5.41, 5.74) is 0. The van der Waals surface area contributed by atoms with Gasteiger partial charge in [0, 0.05) is 96.7 Å². The average Bonchev–Trinajstić information content (AvgIpc) is 3.92. The lowest BCUT2D eigenvalue weighted by atomic mass is 9.84. The molecule has 2 saturated heterocycles. The van der Waals surface area contributed by atoms with E-state index in [1.165, 1.54) is 35.0 Å². The van der Waals surface area contributed by atoms with Crippen LogP contribution in [0.4, 0.5) is 17.6 Å². The molecule has 16 nitrogen and oxygen atoms in total. The number of unbranched alkanes of at least 4 members (excludes halogenated alkanes) is 8. The Hall–Kier alpha value is -4.01. The summed E-state index contributed by atoms with van der Waals surface area (Å²) in [5.74, 6) is -11.2. The molecule has 4 aliphatic rings. The topological polar surface area (TPSA) is 203 Å². The quantitative estimate of drug-likeness (QED) is 0.0193. The Balaban J connectivity index is 0.000000495. The van der Waals surface area contributed by atoms with Gasteiger partial charge in [-0.05, 0) is 102 Å². The highest BCUT2D eigenvalue weighted by Crippen LogP contribution is 2.45. The predicted octanol–water partition coefficient (Wildman–Crippen LogP) is 12.7. The van der Waals surface area contributed by atoms with Crippen LogP contribution in [0.5, 0.6) is 0 Å². The molecule has 4 unspecified atom stereocenters. The van der Waals surface area contributed by atoms with E-state index in [4.69, 9.17) is 28.4 Å². The lowest BCUT2D eigenvalue weighted by molar-refractivity contribution is -0.197. The third-order valence-electron chi connectivity index (χ3n) is 15.2. The lowest BCUT2D eigenvalue weighted by Gasteiger charge is -2.30. The summed E-state index contributed by atoms with van der Waals surface area (Å²) in [7, 11) is 2.74. The molecule has 2 aliphatic heterocycles. The fraction of sp³-hybridized carbons (Fsp3) is 0.850. The number of esters is 5. The van der Waals surface area contributed by atoms with E-state index in [1.807, 2.05) is 6.92 Å². The van der Waals surface area contributed by atoms with E-state index >= 15 is 0 Å². The molecule has 2 heterocycles. The van der Waals surface area contributed by atoms with Gasteiger partial charge >= 0.3 is 41.7 Å². The first kappa shape index (κ1) is 72.1. The molecule has 0 bridgehead atoms. The smallest absolute Gasteiger partial charge is 0.309 e. The molecule has 0 amide bonds. The van der Waals surface area contributed by atoms with Crippen molar-refractivity contribution in [3.05, 3.63) is 12.2 Å². The molecular weight excluding hydrogens is 1050 g/mol. The van der Waals surface area contributed by atoms with Crippen LogP contribution in [-0.4, -0.2) is 124 Å². The van der Waals surface area contributed by atoms with E-state index in [1.54, 1.807) is 19.9 Å². The number of methoxy groups -OCH3 is 2. The van der Waals surface area contributed by atoms with Gasteiger partial charge in [0.05, 0.1) is 33.0 Å². The molecule has 2 saturated carbocycles. The van der Waals surface area contributed by atoms with Crippen molar-refractivity contribution in [1.29, 1.82) is 0 Å².